The van der Waals surface area contributed by atoms with Crippen molar-refractivity contribution in [3.8, 4) is 0 Å². The lowest BCUT2D eigenvalue weighted by atomic mass is 10.0. The van der Waals surface area contributed by atoms with Gasteiger partial charge in [-0.15, -0.1) is 0 Å². The highest BCUT2D eigenvalue weighted by Gasteiger charge is 2.35. The van der Waals surface area contributed by atoms with Crippen LogP contribution in [0.4, 0.5) is 4.39 Å². The molecule has 0 fully saturated rings. The van der Waals surface area contributed by atoms with E-state index in [1.807, 2.05) is 18.0 Å². The zero-order valence-corrected chi connectivity index (χ0v) is 16.2. The molecule has 4 rings (SSSR count). The summed E-state index contributed by atoms with van der Waals surface area (Å²) in [5.74, 6) is -0.831. The quantitative estimate of drug-likeness (QED) is 0.707. The van der Waals surface area contributed by atoms with Crippen molar-refractivity contribution in [1.82, 2.24) is 14.4 Å². The van der Waals surface area contributed by atoms with E-state index in [0.717, 1.165) is 29.8 Å². The van der Waals surface area contributed by atoms with Gasteiger partial charge in [0.25, 0.3) is 17.7 Å². The normalized spacial score (nSPS) is 16.5. The van der Waals surface area contributed by atoms with Crippen molar-refractivity contribution in [2.45, 2.75) is 26.3 Å². The maximum absolute atomic E-state index is 13.6. The van der Waals surface area contributed by atoms with Gasteiger partial charge in [-0.05, 0) is 36.1 Å². The highest BCUT2D eigenvalue weighted by Crippen LogP contribution is 2.25. The van der Waals surface area contributed by atoms with E-state index in [2.05, 4.69) is 0 Å². The van der Waals surface area contributed by atoms with Gasteiger partial charge in [0, 0.05) is 32.0 Å². The first-order chi connectivity index (χ1) is 14.0. The van der Waals surface area contributed by atoms with Crippen LogP contribution in [0.15, 0.2) is 48.6 Å². The predicted molar refractivity (Wildman–Crippen MR) is 105 cm³/mol. The van der Waals surface area contributed by atoms with Crippen LogP contribution in [0, 0.1) is 0 Å². The molecule has 0 N–H and O–H groups in total. The second kappa shape index (κ2) is 7.66. The first-order valence-electron chi connectivity index (χ1n) is 9.74. The van der Waals surface area contributed by atoms with E-state index in [9.17, 15) is 18.8 Å². The fraction of sp³-hybridized carbons (Fsp3) is 0.318. The lowest BCUT2D eigenvalue weighted by molar-refractivity contribution is 0.0665. The predicted octanol–water partition coefficient (Wildman–Crippen LogP) is 3.05. The van der Waals surface area contributed by atoms with Crippen molar-refractivity contribution in [1.29, 1.82) is 0 Å². The van der Waals surface area contributed by atoms with E-state index in [1.165, 1.54) is 0 Å². The van der Waals surface area contributed by atoms with Crippen molar-refractivity contribution in [3.05, 3.63) is 70.8 Å². The lowest BCUT2D eigenvalue weighted by Gasteiger charge is -2.26. The monoisotopic (exact) mass is 395 g/mol. The molecule has 0 atom stereocenters. The number of imide groups is 1. The fourth-order valence-corrected chi connectivity index (χ4v) is 3.99. The molecule has 6 nitrogen and oxygen atoms in total. The van der Waals surface area contributed by atoms with Crippen LogP contribution < -0.4 is 0 Å². The molecule has 0 unspecified atom stereocenters. The summed E-state index contributed by atoms with van der Waals surface area (Å²) in [6, 6.07) is 6.59. The van der Waals surface area contributed by atoms with Gasteiger partial charge in [-0.25, -0.2) is 4.39 Å². The molecule has 0 spiro atoms. The summed E-state index contributed by atoms with van der Waals surface area (Å²) in [6.45, 7) is 3.48. The first kappa shape index (κ1) is 19.1. The van der Waals surface area contributed by atoms with Gasteiger partial charge in [0.2, 0.25) is 0 Å². The fourth-order valence-electron chi connectivity index (χ4n) is 3.99. The number of hydrogen-bond donors (Lipinski definition) is 0. The minimum absolute atomic E-state index is 0.00187. The summed E-state index contributed by atoms with van der Waals surface area (Å²) < 4.78 is 15.4. The second-order valence-corrected chi connectivity index (χ2v) is 7.42. The molecule has 7 heteroatoms. The van der Waals surface area contributed by atoms with Gasteiger partial charge in [-0.2, -0.15) is 0 Å². The zero-order chi connectivity index (χ0) is 20.5. The molecule has 29 heavy (non-hydrogen) atoms. The highest BCUT2D eigenvalue weighted by atomic mass is 19.1. The smallest absolute Gasteiger partial charge is 0.261 e. The van der Waals surface area contributed by atoms with E-state index in [0.29, 0.717) is 29.6 Å². The Labute approximate surface area is 168 Å². The number of nitrogens with zero attached hydrogens (tertiary/aromatic N) is 3. The van der Waals surface area contributed by atoms with Crippen LogP contribution in [0.1, 0.15) is 50.0 Å². The number of carbonyl (C=O) groups is 3. The molecule has 0 aliphatic carbocycles. The molecule has 1 aromatic carbocycles. The Hall–Kier alpha value is -3.22. The Morgan fingerprint density at radius 2 is 1.69 bits per heavy atom. The Bertz CT molecular complexity index is 989. The highest BCUT2D eigenvalue weighted by molar-refractivity contribution is 6.21. The van der Waals surface area contributed by atoms with Crippen LogP contribution in [0.5, 0.6) is 0 Å². The zero-order valence-electron chi connectivity index (χ0n) is 16.2. The SMILES string of the molecule is CCCN1CCc2cn(C/C(=C/F)CN3C(=O)c4ccccc4C3=O)cc2C1=O. The molecule has 2 aliphatic rings. The van der Waals surface area contributed by atoms with Crippen molar-refractivity contribution < 1.29 is 18.8 Å². The number of rotatable bonds is 6. The third-order valence-electron chi connectivity index (χ3n) is 5.40. The third kappa shape index (κ3) is 3.37. The van der Waals surface area contributed by atoms with Crippen LogP contribution in [-0.4, -0.2) is 51.7 Å². The van der Waals surface area contributed by atoms with Crippen LogP contribution in [0.2, 0.25) is 0 Å². The van der Waals surface area contributed by atoms with Crippen LogP contribution in [-0.2, 0) is 13.0 Å². The Morgan fingerprint density at radius 1 is 1.00 bits per heavy atom. The van der Waals surface area contributed by atoms with Crippen LogP contribution in [0.25, 0.3) is 0 Å². The van der Waals surface area contributed by atoms with Gasteiger partial charge in [0.1, 0.15) is 0 Å². The second-order valence-electron chi connectivity index (χ2n) is 7.42. The maximum Gasteiger partial charge on any atom is 0.261 e. The van der Waals surface area contributed by atoms with E-state index in [4.69, 9.17) is 0 Å². The summed E-state index contributed by atoms with van der Waals surface area (Å²) in [7, 11) is 0. The van der Waals surface area contributed by atoms with Gasteiger partial charge in [-0.3, -0.25) is 19.3 Å². The molecular weight excluding hydrogens is 373 g/mol. The van der Waals surface area contributed by atoms with Gasteiger partial charge in [-0.1, -0.05) is 19.1 Å². The van der Waals surface area contributed by atoms with Gasteiger partial charge in [0.05, 0.1) is 29.6 Å². The Balaban J connectivity index is 1.49. The summed E-state index contributed by atoms with van der Waals surface area (Å²) in [6.07, 6.45) is 5.68. The number of halogens is 1. The molecule has 0 saturated heterocycles. The van der Waals surface area contributed by atoms with E-state index in [1.54, 1.807) is 35.0 Å². The molecular formula is C22H22FN3O3. The first-order valence-corrected chi connectivity index (χ1v) is 9.74. The van der Waals surface area contributed by atoms with Crippen molar-refractivity contribution in [3.63, 3.8) is 0 Å². The number of hydrogen-bond acceptors (Lipinski definition) is 3. The topological polar surface area (TPSA) is 62.6 Å². The maximum atomic E-state index is 13.6. The number of benzene rings is 1. The molecule has 150 valence electrons. The number of carbonyl (C=O) groups excluding carboxylic acids is 3. The van der Waals surface area contributed by atoms with Crippen molar-refractivity contribution in [2.75, 3.05) is 19.6 Å². The Kier molecular flexibility index (Phi) is 5.05. The number of fused-ring (bicyclic) bond motifs is 2. The summed E-state index contributed by atoms with van der Waals surface area (Å²) in [5, 5.41) is 0. The van der Waals surface area contributed by atoms with Gasteiger partial charge in [0.15, 0.2) is 0 Å². The van der Waals surface area contributed by atoms with Crippen LogP contribution in [0.3, 0.4) is 0 Å². The third-order valence-corrected chi connectivity index (χ3v) is 5.40. The minimum atomic E-state index is -0.415. The molecule has 0 saturated carbocycles. The number of aromatic nitrogens is 1. The van der Waals surface area contributed by atoms with Gasteiger partial charge >= 0.3 is 0 Å². The van der Waals surface area contributed by atoms with Gasteiger partial charge < -0.3 is 9.47 Å². The Morgan fingerprint density at radius 3 is 2.31 bits per heavy atom. The van der Waals surface area contributed by atoms with E-state index in [-0.39, 0.29) is 24.6 Å². The summed E-state index contributed by atoms with van der Waals surface area (Å²) >= 11 is 0. The molecule has 1 aromatic heterocycles. The molecule has 2 aromatic rings. The molecule has 0 radical (unpaired) electrons. The molecule has 3 heterocycles. The standard InChI is InChI=1S/C22H22FN3O3/c1-2-8-25-9-7-16-13-24(14-19(16)20(25)27)11-15(10-23)12-26-21(28)17-5-3-4-6-18(17)22(26)29/h3-6,10,13-14H,2,7-9,11-12H2,1H3/b15-10-. The largest absolute Gasteiger partial charge is 0.349 e. The lowest BCUT2D eigenvalue weighted by Crippen LogP contribution is -2.37. The average molecular weight is 395 g/mol. The van der Waals surface area contributed by atoms with Crippen molar-refractivity contribution >= 4 is 17.7 Å². The van der Waals surface area contributed by atoms with Crippen LogP contribution >= 0.6 is 0 Å². The minimum Gasteiger partial charge on any atom is -0.349 e. The number of amides is 3. The van der Waals surface area contributed by atoms with E-state index < -0.39 is 11.8 Å². The molecule has 3 amide bonds. The average Bonchev–Trinajstić information content (AvgIpc) is 3.25. The summed E-state index contributed by atoms with van der Waals surface area (Å²) in [4.78, 5) is 40.5. The summed E-state index contributed by atoms with van der Waals surface area (Å²) in [5.41, 5.74) is 2.55. The molecule has 2 aliphatic heterocycles. The molecule has 0 bridgehead atoms. The van der Waals surface area contributed by atoms with Crippen molar-refractivity contribution in [2.24, 2.45) is 0 Å². The van der Waals surface area contributed by atoms with E-state index >= 15 is 0 Å².